The summed E-state index contributed by atoms with van der Waals surface area (Å²) in [5.41, 5.74) is 1.33. The van der Waals surface area contributed by atoms with Gasteiger partial charge in [0.2, 0.25) is 15.9 Å². The largest absolute Gasteiger partial charge is 0.337 e. The molecule has 0 unspecified atom stereocenters. The van der Waals surface area contributed by atoms with Crippen LogP contribution in [0.15, 0.2) is 59.5 Å². The maximum atomic E-state index is 13.3. The van der Waals surface area contributed by atoms with Crippen molar-refractivity contribution in [2.75, 3.05) is 26.2 Å². The fourth-order valence-corrected chi connectivity index (χ4v) is 4.32. The van der Waals surface area contributed by atoms with Crippen LogP contribution in [-0.4, -0.2) is 49.7 Å². The van der Waals surface area contributed by atoms with Gasteiger partial charge in [0.05, 0.1) is 16.5 Å². The summed E-state index contributed by atoms with van der Waals surface area (Å²) < 4.78 is 39.8. The molecule has 144 valence electrons. The molecule has 1 fully saturated rings. The molecule has 1 aliphatic rings. The van der Waals surface area contributed by atoms with E-state index in [1.165, 1.54) is 28.6 Å². The first-order valence-corrected chi connectivity index (χ1v) is 10.1. The summed E-state index contributed by atoms with van der Waals surface area (Å²) in [5, 5.41) is 8.79. The Hall–Kier alpha value is -3.02. The number of amides is 1. The molecule has 0 bridgehead atoms. The van der Waals surface area contributed by atoms with Gasteiger partial charge in [-0.25, -0.2) is 12.8 Å². The van der Waals surface area contributed by atoms with E-state index in [-0.39, 0.29) is 37.0 Å². The van der Waals surface area contributed by atoms with Crippen LogP contribution in [0.1, 0.15) is 11.1 Å². The second-order valence-corrected chi connectivity index (χ2v) is 8.19. The first kappa shape index (κ1) is 19.7. The average molecular weight is 399 g/mol. The number of carbonyl (C=O) groups is 1. The van der Waals surface area contributed by atoms with Crippen molar-refractivity contribution in [3.8, 4) is 6.07 Å². The lowest BCUT2D eigenvalue weighted by Crippen LogP contribution is -2.50. The highest BCUT2D eigenvalue weighted by Crippen LogP contribution is 2.18. The summed E-state index contributed by atoms with van der Waals surface area (Å²) in [5.74, 6) is -0.824. The van der Waals surface area contributed by atoms with E-state index < -0.39 is 15.8 Å². The molecule has 0 aliphatic carbocycles. The van der Waals surface area contributed by atoms with Crippen LogP contribution in [0.25, 0.3) is 6.08 Å². The van der Waals surface area contributed by atoms with E-state index in [4.69, 9.17) is 5.26 Å². The van der Waals surface area contributed by atoms with Gasteiger partial charge in [-0.05, 0) is 42.0 Å². The highest BCUT2D eigenvalue weighted by atomic mass is 32.2. The van der Waals surface area contributed by atoms with Crippen LogP contribution in [0.2, 0.25) is 0 Å². The molecule has 3 rings (SSSR count). The zero-order valence-electron chi connectivity index (χ0n) is 15.0. The first-order valence-electron chi connectivity index (χ1n) is 8.63. The van der Waals surface area contributed by atoms with E-state index in [0.717, 1.165) is 11.6 Å². The third-order valence-electron chi connectivity index (χ3n) is 4.44. The molecule has 2 aromatic carbocycles. The van der Waals surface area contributed by atoms with E-state index in [0.29, 0.717) is 5.56 Å². The Balaban J connectivity index is 1.60. The van der Waals surface area contributed by atoms with Crippen LogP contribution in [0.5, 0.6) is 0 Å². The number of hydrogen-bond acceptors (Lipinski definition) is 4. The Kier molecular flexibility index (Phi) is 5.87. The van der Waals surface area contributed by atoms with E-state index >= 15 is 0 Å². The van der Waals surface area contributed by atoms with Gasteiger partial charge in [0.1, 0.15) is 5.82 Å². The summed E-state index contributed by atoms with van der Waals surface area (Å²) >= 11 is 0. The lowest BCUT2D eigenvalue weighted by Gasteiger charge is -2.33. The van der Waals surface area contributed by atoms with Crippen molar-refractivity contribution in [2.45, 2.75) is 4.90 Å². The van der Waals surface area contributed by atoms with Crippen molar-refractivity contribution < 1.29 is 17.6 Å². The lowest BCUT2D eigenvalue weighted by molar-refractivity contribution is -0.127. The van der Waals surface area contributed by atoms with Crippen molar-refractivity contribution in [2.24, 2.45) is 0 Å². The number of nitriles is 1. The van der Waals surface area contributed by atoms with Crippen molar-refractivity contribution in [1.29, 1.82) is 5.26 Å². The number of nitrogens with zero attached hydrogens (tertiary/aromatic N) is 3. The van der Waals surface area contributed by atoms with Gasteiger partial charge in [-0.15, -0.1) is 0 Å². The molecule has 0 aromatic heterocycles. The minimum Gasteiger partial charge on any atom is -0.337 e. The van der Waals surface area contributed by atoms with Gasteiger partial charge in [-0.1, -0.05) is 18.2 Å². The minimum atomic E-state index is -3.78. The number of carbonyl (C=O) groups excluding carboxylic acids is 1. The van der Waals surface area contributed by atoms with Crippen LogP contribution in [-0.2, 0) is 14.8 Å². The number of rotatable bonds is 4. The zero-order valence-corrected chi connectivity index (χ0v) is 15.8. The fourth-order valence-electron chi connectivity index (χ4n) is 2.87. The minimum absolute atomic E-state index is 0.0898. The summed E-state index contributed by atoms with van der Waals surface area (Å²) in [4.78, 5) is 13.8. The van der Waals surface area contributed by atoms with Crippen LogP contribution < -0.4 is 0 Å². The van der Waals surface area contributed by atoms with E-state index in [9.17, 15) is 17.6 Å². The summed E-state index contributed by atoms with van der Waals surface area (Å²) in [6, 6.07) is 13.7. The Morgan fingerprint density at radius 1 is 1.07 bits per heavy atom. The number of sulfonamides is 1. The van der Waals surface area contributed by atoms with E-state index in [1.54, 1.807) is 35.2 Å². The van der Waals surface area contributed by atoms with Crippen molar-refractivity contribution in [3.05, 3.63) is 71.6 Å². The Morgan fingerprint density at radius 3 is 2.36 bits per heavy atom. The van der Waals surface area contributed by atoms with Crippen LogP contribution in [0.3, 0.4) is 0 Å². The van der Waals surface area contributed by atoms with Gasteiger partial charge in [0, 0.05) is 32.3 Å². The van der Waals surface area contributed by atoms with Crippen molar-refractivity contribution in [3.63, 3.8) is 0 Å². The molecule has 8 heteroatoms. The van der Waals surface area contributed by atoms with E-state index in [1.807, 2.05) is 6.07 Å². The van der Waals surface area contributed by atoms with E-state index in [2.05, 4.69) is 0 Å². The molecule has 1 heterocycles. The SMILES string of the molecule is N#Cc1ccc(/C=C/C(=O)N2CCN(S(=O)(=O)c3cccc(F)c3)CC2)cc1. The van der Waals surface area contributed by atoms with Gasteiger partial charge < -0.3 is 4.90 Å². The molecular formula is C20H18FN3O3S. The predicted octanol–water partition coefficient (Wildman–Crippen LogP) is 2.24. The van der Waals surface area contributed by atoms with Gasteiger partial charge in [-0.2, -0.15) is 9.57 Å². The van der Waals surface area contributed by atoms with Crippen LogP contribution in [0.4, 0.5) is 4.39 Å². The standard InChI is InChI=1S/C20H18FN3O3S/c21-18-2-1-3-19(14-18)28(26,27)24-12-10-23(11-13-24)20(25)9-8-16-4-6-17(15-22)7-5-16/h1-9,14H,10-13H2/b9-8+. The lowest BCUT2D eigenvalue weighted by atomic mass is 10.1. The normalized spacial score (nSPS) is 15.5. The smallest absolute Gasteiger partial charge is 0.246 e. The molecule has 1 amide bonds. The van der Waals surface area contributed by atoms with Crippen LogP contribution in [0, 0.1) is 17.1 Å². The first-order chi connectivity index (χ1) is 13.4. The molecule has 0 saturated carbocycles. The third-order valence-corrected chi connectivity index (χ3v) is 6.34. The highest BCUT2D eigenvalue weighted by Gasteiger charge is 2.29. The van der Waals surface area contributed by atoms with Gasteiger partial charge in [0.25, 0.3) is 0 Å². The summed E-state index contributed by atoms with van der Waals surface area (Å²) in [7, 11) is -3.78. The molecule has 0 radical (unpaired) electrons. The molecule has 2 aromatic rings. The zero-order chi connectivity index (χ0) is 20.1. The highest BCUT2D eigenvalue weighted by molar-refractivity contribution is 7.89. The Bertz CT molecular complexity index is 1040. The number of benzene rings is 2. The second kappa shape index (κ2) is 8.33. The van der Waals surface area contributed by atoms with Crippen LogP contribution >= 0.6 is 0 Å². The van der Waals surface area contributed by atoms with Crippen molar-refractivity contribution >= 4 is 22.0 Å². The molecule has 0 N–H and O–H groups in total. The Morgan fingerprint density at radius 2 is 1.75 bits per heavy atom. The number of piperazine rings is 1. The maximum absolute atomic E-state index is 13.3. The quantitative estimate of drug-likeness (QED) is 0.739. The molecule has 1 saturated heterocycles. The maximum Gasteiger partial charge on any atom is 0.246 e. The van der Waals surface area contributed by atoms with Crippen molar-refractivity contribution in [1.82, 2.24) is 9.21 Å². The number of halogens is 1. The monoisotopic (exact) mass is 399 g/mol. The molecule has 0 spiro atoms. The van der Waals surface area contributed by atoms with Gasteiger partial charge in [0.15, 0.2) is 0 Å². The van der Waals surface area contributed by atoms with Gasteiger partial charge in [-0.3, -0.25) is 4.79 Å². The molecular weight excluding hydrogens is 381 g/mol. The third kappa shape index (κ3) is 4.44. The number of hydrogen-bond donors (Lipinski definition) is 0. The topological polar surface area (TPSA) is 81.5 Å². The average Bonchev–Trinajstić information content (AvgIpc) is 2.72. The Labute approximate surface area is 163 Å². The molecule has 28 heavy (non-hydrogen) atoms. The molecule has 6 nitrogen and oxygen atoms in total. The fraction of sp³-hybridized carbons (Fsp3) is 0.200. The molecule has 1 aliphatic heterocycles. The molecule has 0 atom stereocenters. The summed E-state index contributed by atoms with van der Waals surface area (Å²) in [6.45, 7) is 0.806. The second-order valence-electron chi connectivity index (χ2n) is 6.25. The predicted molar refractivity (Wildman–Crippen MR) is 102 cm³/mol. The van der Waals surface area contributed by atoms with Gasteiger partial charge >= 0.3 is 0 Å². The summed E-state index contributed by atoms with van der Waals surface area (Å²) in [6.07, 6.45) is 3.08.